The van der Waals surface area contributed by atoms with Crippen LogP contribution in [-0.2, 0) is 21.8 Å². The summed E-state index contributed by atoms with van der Waals surface area (Å²) in [5.74, 6) is 0. The highest BCUT2D eigenvalue weighted by atomic mass is 32.2. The summed E-state index contributed by atoms with van der Waals surface area (Å²) in [4.78, 5) is 12.2. The van der Waals surface area contributed by atoms with E-state index >= 15 is 0 Å². The van der Waals surface area contributed by atoms with Crippen LogP contribution in [-0.4, -0.2) is 10.5 Å². The van der Waals surface area contributed by atoms with Gasteiger partial charge in [0.1, 0.15) is 0 Å². The first-order chi connectivity index (χ1) is 16.4. The molecule has 0 bridgehead atoms. The van der Waals surface area contributed by atoms with Crippen LogP contribution in [0.1, 0.15) is 19.3 Å². The maximum atomic E-state index is 2.42. The Labute approximate surface area is 210 Å². The van der Waals surface area contributed by atoms with Gasteiger partial charge in [-0.05, 0) is 55.0 Å². The zero-order chi connectivity index (χ0) is 21.8. The highest BCUT2D eigenvalue weighted by Gasteiger charge is 2.57. The number of fused-ring (bicyclic) bond motifs is 4. The van der Waals surface area contributed by atoms with Gasteiger partial charge < -0.3 is 0 Å². The van der Waals surface area contributed by atoms with Gasteiger partial charge >= 0.3 is 0 Å². The zero-order valence-electron chi connectivity index (χ0n) is 18.1. The van der Waals surface area contributed by atoms with Crippen molar-refractivity contribution in [3.05, 3.63) is 97.1 Å². The van der Waals surface area contributed by atoms with E-state index in [1.807, 2.05) is 23.5 Å². The predicted molar refractivity (Wildman–Crippen MR) is 143 cm³/mol. The van der Waals surface area contributed by atoms with Gasteiger partial charge in [0.2, 0.25) is 0 Å². The molecule has 2 aliphatic heterocycles. The lowest BCUT2D eigenvalue weighted by Gasteiger charge is -2.28. The van der Waals surface area contributed by atoms with Gasteiger partial charge in [0.15, 0.2) is 30.1 Å². The fraction of sp³-hybridized carbons (Fsp3) is 0.172. The van der Waals surface area contributed by atoms with Gasteiger partial charge in [-0.3, -0.25) is 0 Å². The van der Waals surface area contributed by atoms with Crippen LogP contribution in [0.2, 0.25) is 0 Å². The number of benzene rings is 4. The lowest BCUT2D eigenvalue weighted by atomic mass is 10.3. The van der Waals surface area contributed by atoms with E-state index < -0.39 is 0 Å². The Morgan fingerprint density at radius 1 is 0.455 bits per heavy atom. The molecule has 1 fully saturated rings. The second-order valence-corrected chi connectivity index (χ2v) is 15.2. The van der Waals surface area contributed by atoms with Crippen molar-refractivity contribution in [2.24, 2.45) is 0 Å². The molecule has 2 atom stereocenters. The van der Waals surface area contributed by atoms with Gasteiger partial charge in [-0.15, -0.1) is 0 Å². The minimum Gasteiger partial charge on any atom is -0.0795 e. The Morgan fingerprint density at radius 2 is 0.758 bits per heavy atom. The van der Waals surface area contributed by atoms with E-state index in [0.29, 0.717) is 10.5 Å². The van der Waals surface area contributed by atoms with Crippen molar-refractivity contribution in [1.82, 2.24) is 0 Å². The molecule has 0 N–H and O–H groups in total. The topological polar surface area (TPSA) is 0 Å². The van der Waals surface area contributed by atoms with E-state index in [4.69, 9.17) is 0 Å². The molecule has 4 aromatic rings. The molecule has 0 aromatic heterocycles. The average Bonchev–Trinajstić information content (AvgIpc) is 3.34. The molecule has 1 saturated carbocycles. The first kappa shape index (κ1) is 20.6. The second-order valence-electron chi connectivity index (χ2n) is 8.67. The van der Waals surface area contributed by atoms with Crippen LogP contribution in [0.3, 0.4) is 0 Å². The van der Waals surface area contributed by atoms with Crippen LogP contribution >= 0.6 is 23.5 Å². The van der Waals surface area contributed by atoms with Crippen LogP contribution < -0.4 is 0 Å². The first-order valence-corrected chi connectivity index (χ1v) is 15.8. The molecule has 4 heteroatoms. The molecular weight excluding hydrogens is 477 g/mol. The van der Waals surface area contributed by atoms with Gasteiger partial charge in [-0.25, -0.2) is 0 Å². The maximum absolute atomic E-state index is 2.42. The van der Waals surface area contributed by atoms with Crippen LogP contribution in [0.4, 0.5) is 0 Å². The molecule has 4 aromatic carbocycles. The molecule has 33 heavy (non-hydrogen) atoms. The van der Waals surface area contributed by atoms with E-state index in [0.717, 1.165) is 0 Å². The van der Waals surface area contributed by atoms with Crippen molar-refractivity contribution in [3.8, 4) is 0 Å². The summed E-state index contributed by atoms with van der Waals surface area (Å²) >= 11 is 3.93. The van der Waals surface area contributed by atoms with Crippen LogP contribution in [0, 0.1) is 0 Å². The fourth-order valence-corrected chi connectivity index (χ4v) is 14.9. The molecule has 1 aliphatic carbocycles. The molecule has 0 amide bonds. The summed E-state index contributed by atoms with van der Waals surface area (Å²) < 4.78 is 0. The third-order valence-corrected chi connectivity index (χ3v) is 15.4. The van der Waals surface area contributed by atoms with Gasteiger partial charge in [0.25, 0.3) is 0 Å². The lowest BCUT2D eigenvalue weighted by Crippen LogP contribution is -2.38. The third kappa shape index (κ3) is 3.41. The van der Waals surface area contributed by atoms with E-state index in [9.17, 15) is 0 Å². The number of hydrogen-bond donors (Lipinski definition) is 0. The SMILES string of the molecule is c1ccc2c(c1)Sc1ccccc1[S+]2[C@H]1CCC[C@@H]1[S+]1c2ccccc2Sc2ccccc21. The normalized spacial score (nSPS) is 21.7. The molecule has 0 spiro atoms. The molecular formula is C29H24S4+2. The van der Waals surface area contributed by atoms with E-state index in [-0.39, 0.29) is 21.8 Å². The zero-order valence-corrected chi connectivity index (χ0v) is 21.4. The Morgan fingerprint density at radius 3 is 1.09 bits per heavy atom. The predicted octanol–water partition coefficient (Wildman–Crippen LogP) is 8.31. The minimum atomic E-state index is 0.124. The van der Waals surface area contributed by atoms with Gasteiger partial charge in [-0.1, -0.05) is 72.1 Å². The number of hydrogen-bond acceptors (Lipinski definition) is 2. The summed E-state index contributed by atoms with van der Waals surface area (Å²) in [7, 11) is 0.248. The highest BCUT2D eigenvalue weighted by molar-refractivity contribution is 8.06. The maximum Gasteiger partial charge on any atom is 0.177 e. The van der Waals surface area contributed by atoms with E-state index in [2.05, 4.69) is 97.1 Å². The van der Waals surface area contributed by atoms with E-state index in [1.54, 1.807) is 19.6 Å². The minimum absolute atomic E-state index is 0.124. The second kappa shape index (κ2) is 8.49. The van der Waals surface area contributed by atoms with Crippen molar-refractivity contribution in [2.75, 3.05) is 0 Å². The molecule has 2 heterocycles. The van der Waals surface area contributed by atoms with Crippen LogP contribution in [0.25, 0.3) is 0 Å². The largest absolute Gasteiger partial charge is 0.177 e. The molecule has 0 nitrogen and oxygen atoms in total. The monoisotopic (exact) mass is 500 g/mol. The van der Waals surface area contributed by atoms with E-state index in [1.165, 1.54) is 38.8 Å². The van der Waals surface area contributed by atoms with Crippen LogP contribution in [0.5, 0.6) is 0 Å². The quantitative estimate of drug-likeness (QED) is 0.254. The van der Waals surface area contributed by atoms with Crippen molar-refractivity contribution in [1.29, 1.82) is 0 Å². The summed E-state index contributed by atoms with van der Waals surface area (Å²) in [5, 5.41) is 1.39. The van der Waals surface area contributed by atoms with Gasteiger partial charge in [0.05, 0.1) is 41.4 Å². The van der Waals surface area contributed by atoms with Gasteiger partial charge in [-0.2, -0.15) is 0 Å². The standard InChI is InChI=1S/C29H24S4/c1-5-14-24-20(10-1)30-21-11-2-6-15-25(21)32(24)28-18-9-19-29(28)33-26-16-7-3-12-22(26)31-23-13-4-8-17-27(23)33/h1-8,10-17,28-29H,9,18-19H2/q+2/t28-,29-/m0/s1. The molecule has 3 aliphatic rings. The van der Waals surface area contributed by atoms with Crippen molar-refractivity contribution < 1.29 is 0 Å². The fourth-order valence-electron chi connectivity index (χ4n) is 5.42. The molecule has 7 rings (SSSR count). The van der Waals surface area contributed by atoms with Crippen molar-refractivity contribution >= 4 is 45.3 Å². The van der Waals surface area contributed by atoms with Gasteiger partial charge in [0, 0.05) is 12.8 Å². The lowest BCUT2D eigenvalue weighted by molar-refractivity contribution is 0.881. The Hall–Kier alpha value is -1.72. The molecule has 0 saturated heterocycles. The molecule has 0 unspecified atom stereocenters. The Balaban J connectivity index is 1.39. The van der Waals surface area contributed by atoms with Crippen molar-refractivity contribution in [3.63, 3.8) is 0 Å². The highest BCUT2D eigenvalue weighted by Crippen LogP contribution is 2.54. The van der Waals surface area contributed by atoms with Crippen LogP contribution in [0.15, 0.2) is 136 Å². The molecule has 0 radical (unpaired) electrons. The summed E-state index contributed by atoms with van der Waals surface area (Å²) in [5.41, 5.74) is 0. The smallest absolute Gasteiger partial charge is 0.0795 e. The Bertz CT molecular complexity index is 1150. The van der Waals surface area contributed by atoms with Crippen molar-refractivity contribution in [2.45, 2.75) is 68.9 Å². The third-order valence-electron chi connectivity index (χ3n) is 6.78. The summed E-state index contributed by atoms with van der Waals surface area (Å²) in [6.07, 6.45) is 4.02. The summed E-state index contributed by atoms with van der Waals surface area (Å²) in [6, 6.07) is 36.8. The number of rotatable bonds is 2. The Kier molecular flexibility index (Phi) is 5.31. The summed E-state index contributed by atoms with van der Waals surface area (Å²) in [6.45, 7) is 0. The first-order valence-electron chi connectivity index (χ1n) is 11.6. The molecule has 162 valence electrons. The average molecular weight is 501 g/mol.